The van der Waals surface area contributed by atoms with Crippen LogP contribution in [0.5, 0.6) is 17.2 Å². The molecule has 0 atom stereocenters. The second-order valence-corrected chi connectivity index (χ2v) is 6.40. The Morgan fingerprint density at radius 1 is 0.966 bits per heavy atom. The van der Waals surface area contributed by atoms with Gasteiger partial charge in [-0.05, 0) is 37.1 Å². The van der Waals surface area contributed by atoms with Gasteiger partial charge in [0.15, 0.2) is 11.5 Å². The predicted molar refractivity (Wildman–Crippen MR) is 110 cm³/mol. The van der Waals surface area contributed by atoms with E-state index >= 15 is 0 Å². The summed E-state index contributed by atoms with van der Waals surface area (Å²) in [6.45, 7) is 1.94. The van der Waals surface area contributed by atoms with Crippen molar-refractivity contribution in [3.05, 3.63) is 46.5 Å². The third-order valence-corrected chi connectivity index (χ3v) is 4.46. The number of esters is 1. The van der Waals surface area contributed by atoms with Gasteiger partial charge in [-0.15, -0.1) is 0 Å². The molecular formula is C21H24ClNO6. The molecule has 8 heteroatoms. The van der Waals surface area contributed by atoms with E-state index in [9.17, 15) is 9.59 Å². The number of carbonyl (C=O) groups is 2. The number of halogens is 1. The first-order valence-corrected chi connectivity index (χ1v) is 9.36. The fourth-order valence-electron chi connectivity index (χ4n) is 2.69. The highest BCUT2D eigenvalue weighted by Gasteiger charge is 2.18. The van der Waals surface area contributed by atoms with Crippen LogP contribution in [0.2, 0.25) is 5.02 Å². The highest BCUT2D eigenvalue weighted by molar-refractivity contribution is 6.34. The maximum absolute atomic E-state index is 12.4. The second kappa shape index (κ2) is 10.6. The van der Waals surface area contributed by atoms with E-state index in [2.05, 4.69) is 5.32 Å². The Morgan fingerprint density at radius 2 is 1.66 bits per heavy atom. The number of rotatable bonds is 9. The number of methoxy groups -OCH3 is 3. The van der Waals surface area contributed by atoms with E-state index < -0.39 is 5.97 Å². The second-order valence-electron chi connectivity index (χ2n) is 5.99. The van der Waals surface area contributed by atoms with E-state index in [1.807, 2.05) is 12.1 Å². The highest BCUT2D eigenvalue weighted by Crippen LogP contribution is 2.32. The van der Waals surface area contributed by atoms with Crippen LogP contribution in [0, 0.1) is 0 Å². The Hall–Kier alpha value is -2.93. The van der Waals surface area contributed by atoms with Crippen LogP contribution in [0.4, 0.5) is 5.69 Å². The molecule has 0 heterocycles. The monoisotopic (exact) mass is 421 g/mol. The number of amides is 1. The summed E-state index contributed by atoms with van der Waals surface area (Å²) in [4.78, 5) is 24.4. The highest BCUT2D eigenvalue weighted by atomic mass is 35.5. The molecule has 0 aromatic heterocycles. The quantitative estimate of drug-likeness (QED) is 0.613. The SMILES string of the molecule is CCOC(=O)c1cc(Cl)c(NC(=O)CCc2ccc(OC)c(OC)c2)cc1OC. The zero-order valence-electron chi connectivity index (χ0n) is 16.8. The van der Waals surface area contributed by atoms with Gasteiger partial charge in [0.25, 0.3) is 0 Å². The molecule has 0 saturated heterocycles. The minimum absolute atomic E-state index is 0.197. The number of aryl methyl sites for hydroxylation is 1. The maximum Gasteiger partial charge on any atom is 0.341 e. The number of anilines is 1. The van der Waals surface area contributed by atoms with Crippen molar-refractivity contribution >= 4 is 29.2 Å². The molecule has 0 unspecified atom stereocenters. The summed E-state index contributed by atoms with van der Waals surface area (Å²) in [6, 6.07) is 8.42. The van der Waals surface area contributed by atoms with Gasteiger partial charge in [0, 0.05) is 12.5 Å². The summed E-state index contributed by atoms with van der Waals surface area (Å²) in [5.41, 5.74) is 1.48. The smallest absolute Gasteiger partial charge is 0.341 e. The first kappa shape index (κ1) is 22.4. The van der Waals surface area contributed by atoms with E-state index in [0.29, 0.717) is 23.6 Å². The van der Waals surface area contributed by atoms with E-state index in [4.69, 9.17) is 30.5 Å². The van der Waals surface area contributed by atoms with E-state index in [1.54, 1.807) is 27.2 Å². The molecule has 1 N–H and O–H groups in total. The number of ether oxygens (including phenoxy) is 4. The van der Waals surface area contributed by atoms with Gasteiger partial charge < -0.3 is 24.3 Å². The van der Waals surface area contributed by atoms with Gasteiger partial charge in [0.1, 0.15) is 11.3 Å². The van der Waals surface area contributed by atoms with Gasteiger partial charge in [0.2, 0.25) is 5.91 Å². The Labute approximate surface area is 174 Å². The Morgan fingerprint density at radius 3 is 2.28 bits per heavy atom. The molecular weight excluding hydrogens is 398 g/mol. The van der Waals surface area contributed by atoms with Gasteiger partial charge in [-0.3, -0.25) is 4.79 Å². The lowest BCUT2D eigenvalue weighted by Gasteiger charge is -2.13. The summed E-state index contributed by atoms with van der Waals surface area (Å²) < 4.78 is 20.7. The Balaban J connectivity index is 2.08. The maximum atomic E-state index is 12.4. The number of hydrogen-bond donors (Lipinski definition) is 1. The van der Waals surface area contributed by atoms with Gasteiger partial charge in [0.05, 0.1) is 38.6 Å². The molecule has 0 spiro atoms. The largest absolute Gasteiger partial charge is 0.496 e. The molecule has 0 bridgehead atoms. The zero-order valence-corrected chi connectivity index (χ0v) is 17.6. The van der Waals surface area contributed by atoms with Crippen molar-refractivity contribution in [3.8, 4) is 17.2 Å². The first-order chi connectivity index (χ1) is 13.9. The van der Waals surface area contributed by atoms with Crippen molar-refractivity contribution in [1.82, 2.24) is 0 Å². The fourth-order valence-corrected chi connectivity index (χ4v) is 2.90. The third kappa shape index (κ3) is 5.77. The minimum Gasteiger partial charge on any atom is -0.496 e. The van der Waals surface area contributed by atoms with Crippen molar-refractivity contribution in [2.24, 2.45) is 0 Å². The average Bonchev–Trinajstić information content (AvgIpc) is 2.73. The molecule has 0 aliphatic heterocycles. The molecule has 1 amide bonds. The summed E-state index contributed by atoms with van der Waals surface area (Å²) in [5, 5.41) is 2.96. The summed E-state index contributed by atoms with van der Waals surface area (Å²) in [7, 11) is 4.55. The Kier molecular flexibility index (Phi) is 8.15. The molecule has 2 rings (SSSR count). The van der Waals surface area contributed by atoms with Crippen LogP contribution in [0.15, 0.2) is 30.3 Å². The molecule has 2 aromatic carbocycles. The fraction of sp³-hybridized carbons (Fsp3) is 0.333. The first-order valence-electron chi connectivity index (χ1n) is 8.98. The van der Waals surface area contributed by atoms with Crippen LogP contribution in [0.25, 0.3) is 0 Å². The van der Waals surface area contributed by atoms with Crippen molar-refractivity contribution in [2.75, 3.05) is 33.3 Å². The normalized spacial score (nSPS) is 10.2. The molecule has 156 valence electrons. The van der Waals surface area contributed by atoms with Gasteiger partial charge in [-0.2, -0.15) is 0 Å². The molecule has 29 heavy (non-hydrogen) atoms. The lowest BCUT2D eigenvalue weighted by atomic mass is 10.1. The standard InChI is InChI=1S/C21H24ClNO6/c1-5-29-21(25)14-11-15(22)16(12-18(14)27-3)23-20(24)9-7-13-6-8-17(26-2)19(10-13)28-4/h6,8,10-12H,5,7,9H2,1-4H3,(H,23,24). The average molecular weight is 422 g/mol. The molecule has 7 nitrogen and oxygen atoms in total. The summed E-state index contributed by atoms with van der Waals surface area (Å²) >= 11 is 6.23. The van der Waals surface area contributed by atoms with Crippen LogP contribution < -0.4 is 19.5 Å². The van der Waals surface area contributed by atoms with Crippen molar-refractivity contribution in [2.45, 2.75) is 19.8 Å². The van der Waals surface area contributed by atoms with Crippen LogP contribution in [-0.2, 0) is 16.0 Å². The molecule has 0 aliphatic rings. The van der Waals surface area contributed by atoms with Crippen LogP contribution in [0.1, 0.15) is 29.3 Å². The zero-order chi connectivity index (χ0) is 21.4. The van der Waals surface area contributed by atoms with Crippen LogP contribution in [-0.4, -0.2) is 39.8 Å². The van der Waals surface area contributed by atoms with Crippen LogP contribution >= 0.6 is 11.6 Å². The summed E-state index contributed by atoms with van der Waals surface area (Å²) in [5.74, 6) is 0.724. The van der Waals surface area contributed by atoms with E-state index in [0.717, 1.165) is 5.56 Å². The van der Waals surface area contributed by atoms with Gasteiger partial charge in [-0.1, -0.05) is 17.7 Å². The lowest BCUT2D eigenvalue weighted by molar-refractivity contribution is -0.116. The molecule has 0 radical (unpaired) electrons. The number of benzene rings is 2. The Bertz CT molecular complexity index is 884. The number of hydrogen-bond acceptors (Lipinski definition) is 6. The molecule has 0 aliphatic carbocycles. The van der Waals surface area contributed by atoms with Crippen molar-refractivity contribution < 1.29 is 28.5 Å². The van der Waals surface area contributed by atoms with Crippen LogP contribution in [0.3, 0.4) is 0 Å². The van der Waals surface area contributed by atoms with E-state index in [-0.39, 0.29) is 35.3 Å². The molecule has 0 fully saturated rings. The van der Waals surface area contributed by atoms with Gasteiger partial charge in [-0.25, -0.2) is 4.79 Å². The summed E-state index contributed by atoms with van der Waals surface area (Å²) in [6.07, 6.45) is 0.732. The lowest BCUT2D eigenvalue weighted by Crippen LogP contribution is -2.14. The van der Waals surface area contributed by atoms with Crippen molar-refractivity contribution in [1.29, 1.82) is 0 Å². The van der Waals surface area contributed by atoms with Crippen molar-refractivity contribution in [3.63, 3.8) is 0 Å². The third-order valence-electron chi connectivity index (χ3n) is 4.15. The predicted octanol–water partition coefficient (Wildman–Crippen LogP) is 4.11. The topological polar surface area (TPSA) is 83.1 Å². The molecule has 0 saturated carbocycles. The number of nitrogens with one attached hydrogen (secondary N) is 1. The van der Waals surface area contributed by atoms with Gasteiger partial charge >= 0.3 is 5.97 Å². The minimum atomic E-state index is -0.544. The molecule has 2 aromatic rings. The number of carbonyl (C=O) groups excluding carboxylic acids is 2. The van der Waals surface area contributed by atoms with E-state index in [1.165, 1.54) is 19.2 Å².